The molecule has 1 unspecified atom stereocenters. The van der Waals surface area contributed by atoms with Gasteiger partial charge in [-0.1, -0.05) is 18.2 Å². The summed E-state index contributed by atoms with van der Waals surface area (Å²) in [5.41, 5.74) is 0.434. The third-order valence-electron chi connectivity index (χ3n) is 5.30. The first-order valence-electron chi connectivity index (χ1n) is 9.74. The molecule has 1 amide bonds. The zero-order valence-electron chi connectivity index (χ0n) is 17.4. The van der Waals surface area contributed by atoms with E-state index in [9.17, 15) is 19.1 Å². The minimum Gasteiger partial charge on any atom is -0.506 e. The Bertz CT molecular complexity index is 1160. The van der Waals surface area contributed by atoms with Crippen LogP contribution in [-0.4, -0.2) is 35.9 Å². The number of ether oxygens (including phenoxy) is 2. The summed E-state index contributed by atoms with van der Waals surface area (Å²) in [5, 5.41) is 11.3. The second-order valence-electron chi connectivity index (χ2n) is 7.10. The van der Waals surface area contributed by atoms with Crippen molar-refractivity contribution < 1.29 is 33.0 Å². The van der Waals surface area contributed by atoms with Crippen LogP contribution in [0.3, 0.4) is 0 Å². The fourth-order valence-corrected chi connectivity index (χ4v) is 3.82. The minimum atomic E-state index is -0.977. The number of aliphatic hydroxyl groups is 1. The highest BCUT2D eigenvalue weighted by molar-refractivity contribution is 6.46. The molecule has 2 heterocycles. The van der Waals surface area contributed by atoms with Gasteiger partial charge < -0.3 is 23.9 Å². The molecule has 1 aliphatic rings. The average molecular weight is 437 g/mol. The van der Waals surface area contributed by atoms with E-state index in [-0.39, 0.29) is 29.2 Å². The minimum absolute atomic E-state index is 0.0144. The molecule has 1 fully saturated rings. The molecule has 164 valence electrons. The summed E-state index contributed by atoms with van der Waals surface area (Å²) in [7, 11) is 2.83. The molecule has 1 atom stereocenters. The maximum absolute atomic E-state index is 13.6. The molecule has 8 heteroatoms. The van der Waals surface area contributed by atoms with Crippen molar-refractivity contribution in [2.24, 2.45) is 0 Å². The first kappa shape index (κ1) is 21.2. The fourth-order valence-electron chi connectivity index (χ4n) is 3.82. The molecule has 0 spiro atoms. The summed E-state index contributed by atoms with van der Waals surface area (Å²) in [6.07, 6.45) is 1.46. The Hall–Kier alpha value is -4.07. The summed E-state index contributed by atoms with van der Waals surface area (Å²) < 4.78 is 29.6. The summed E-state index contributed by atoms with van der Waals surface area (Å²) in [4.78, 5) is 27.4. The van der Waals surface area contributed by atoms with Crippen molar-refractivity contribution in [3.05, 3.63) is 89.1 Å². The molecule has 4 rings (SSSR count). The lowest BCUT2D eigenvalue weighted by Crippen LogP contribution is -2.29. The maximum atomic E-state index is 13.6. The van der Waals surface area contributed by atoms with E-state index in [0.717, 1.165) is 0 Å². The molecule has 1 saturated heterocycles. The standard InChI is InChI=1S/C24H20FNO6/c1-30-17-6-3-7-18(31-2)19(17)22(27)20-21(14-8-10-15(25)11-9-14)26(24(29)23(20)28)13-16-5-4-12-32-16/h3-12,21,27H,13H2,1-2H3/b22-20+. The Labute approximate surface area is 183 Å². The number of methoxy groups -OCH3 is 2. The first-order chi connectivity index (χ1) is 15.5. The van der Waals surface area contributed by atoms with Gasteiger partial charge in [0.1, 0.15) is 34.4 Å². The number of furan rings is 1. The molecule has 0 bridgehead atoms. The third-order valence-corrected chi connectivity index (χ3v) is 5.30. The van der Waals surface area contributed by atoms with Crippen LogP contribution in [0.5, 0.6) is 11.5 Å². The Morgan fingerprint density at radius 3 is 2.25 bits per heavy atom. The van der Waals surface area contributed by atoms with Crippen LogP contribution >= 0.6 is 0 Å². The molecular weight excluding hydrogens is 417 g/mol. The van der Waals surface area contributed by atoms with E-state index in [1.165, 1.54) is 49.6 Å². The lowest BCUT2D eigenvalue weighted by atomic mass is 9.94. The van der Waals surface area contributed by atoms with Crippen molar-refractivity contribution in [3.8, 4) is 11.5 Å². The van der Waals surface area contributed by atoms with Gasteiger partial charge in [0.05, 0.1) is 38.6 Å². The average Bonchev–Trinajstić information content (AvgIpc) is 3.41. The summed E-state index contributed by atoms with van der Waals surface area (Å²) in [5.74, 6) is -1.64. The van der Waals surface area contributed by atoms with Crippen LogP contribution in [0.4, 0.5) is 4.39 Å². The molecule has 0 aliphatic carbocycles. The second kappa shape index (κ2) is 8.58. The number of likely N-dealkylation sites (tertiary alicyclic amines) is 1. The Morgan fingerprint density at radius 2 is 1.69 bits per heavy atom. The largest absolute Gasteiger partial charge is 0.506 e. The van der Waals surface area contributed by atoms with Gasteiger partial charge >= 0.3 is 0 Å². The number of hydrogen-bond donors (Lipinski definition) is 1. The molecule has 3 aromatic rings. The lowest BCUT2D eigenvalue weighted by Gasteiger charge is -2.25. The molecular formula is C24H20FNO6. The van der Waals surface area contributed by atoms with Crippen molar-refractivity contribution in [1.82, 2.24) is 4.90 Å². The summed E-state index contributed by atoms with van der Waals surface area (Å²) >= 11 is 0. The lowest BCUT2D eigenvalue weighted by molar-refractivity contribution is -0.140. The number of amides is 1. The highest BCUT2D eigenvalue weighted by atomic mass is 19.1. The normalized spacial score (nSPS) is 17.6. The van der Waals surface area contributed by atoms with E-state index < -0.39 is 29.3 Å². The molecule has 1 N–H and O–H groups in total. The van der Waals surface area contributed by atoms with E-state index in [4.69, 9.17) is 13.9 Å². The molecule has 0 saturated carbocycles. The Balaban J connectivity index is 1.94. The van der Waals surface area contributed by atoms with Gasteiger partial charge in [-0.05, 0) is 42.0 Å². The number of ketones is 1. The Morgan fingerprint density at radius 1 is 1.03 bits per heavy atom. The Kier molecular flexibility index (Phi) is 5.68. The van der Waals surface area contributed by atoms with Crippen LogP contribution in [0.25, 0.3) is 5.76 Å². The fraction of sp³-hybridized carbons (Fsp3) is 0.167. The first-order valence-corrected chi connectivity index (χ1v) is 9.74. The summed E-state index contributed by atoms with van der Waals surface area (Å²) in [6.45, 7) is -0.0144. The van der Waals surface area contributed by atoms with E-state index in [2.05, 4.69) is 0 Å². The predicted molar refractivity (Wildman–Crippen MR) is 113 cm³/mol. The van der Waals surface area contributed by atoms with Gasteiger partial charge in [0.2, 0.25) is 0 Å². The van der Waals surface area contributed by atoms with Crippen LogP contribution in [0.2, 0.25) is 0 Å². The van der Waals surface area contributed by atoms with Crippen LogP contribution < -0.4 is 9.47 Å². The SMILES string of the molecule is COc1cccc(OC)c1/C(O)=C1\C(=O)C(=O)N(Cc2ccco2)C1c1ccc(F)cc1. The number of Topliss-reactive ketones (excluding diaryl/α,β-unsaturated/α-hetero) is 1. The van der Waals surface area contributed by atoms with Gasteiger partial charge in [0.25, 0.3) is 11.7 Å². The number of halogens is 1. The molecule has 0 radical (unpaired) electrons. The molecule has 2 aromatic carbocycles. The van der Waals surface area contributed by atoms with Crippen LogP contribution in [0.15, 0.2) is 70.9 Å². The van der Waals surface area contributed by atoms with Crippen LogP contribution in [0, 0.1) is 5.82 Å². The van der Waals surface area contributed by atoms with Crippen molar-refractivity contribution in [2.75, 3.05) is 14.2 Å². The smallest absolute Gasteiger partial charge is 0.296 e. The van der Waals surface area contributed by atoms with Gasteiger partial charge in [-0.2, -0.15) is 0 Å². The number of aliphatic hydroxyl groups excluding tert-OH is 1. The van der Waals surface area contributed by atoms with Crippen molar-refractivity contribution >= 4 is 17.4 Å². The van der Waals surface area contributed by atoms with Crippen molar-refractivity contribution in [2.45, 2.75) is 12.6 Å². The zero-order chi connectivity index (χ0) is 22.8. The topological polar surface area (TPSA) is 89.2 Å². The second-order valence-corrected chi connectivity index (χ2v) is 7.10. The molecule has 1 aliphatic heterocycles. The van der Waals surface area contributed by atoms with Crippen molar-refractivity contribution in [3.63, 3.8) is 0 Å². The maximum Gasteiger partial charge on any atom is 0.296 e. The van der Waals surface area contributed by atoms with E-state index >= 15 is 0 Å². The molecule has 7 nitrogen and oxygen atoms in total. The van der Waals surface area contributed by atoms with Gasteiger partial charge in [-0.3, -0.25) is 9.59 Å². The van der Waals surface area contributed by atoms with Gasteiger partial charge in [-0.15, -0.1) is 0 Å². The predicted octanol–water partition coefficient (Wildman–Crippen LogP) is 4.06. The highest BCUT2D eigenvalue weighted by Gasteiger charge is 2.47. The van der Waals surface area contributed by atoms with Gasteiger partial charge in [-0.25, -0.2) is 4.39 Å². The monoisotopic (exact) mass is 437 g/mol. The number of nitrogens with zero attached hydrogens (tertiary/aromatic N) is 1. The van der Waals surface area contributed by atoms with Crippen molar-refractivity contribution in [1.29, 1.82) is 0 Å². The number of carbonyl (C=O) groups is 2. The zero-order valence-corrected chi connectivity index (χ0v) is 17.4. The number of rotatable bonds is 6. The van der Waals surface area contributed by atoms with E-state index in [0.29, 0.717) is 11.3 Å². The van der Waals surface area contributed by atoms with Gasteiger partial charge in [0, 0.05) is 0 Å². The molecule has 1 aromatic heterocycles. The van der Waals surface area contributed by atoms with Gasteiger partial charge in [0.15, 0.2) is 0 Å². The van der Waals surface area contributed by atoms with E-state index in [1.54, 1.807) is 30.3 Å². The molecule has 32 heavy (non-hydrogen) atoms. The quantitative estimate of drug-likeness (QED) is 0.355. The van der Waals surface area contributed by atoms with Crippen LogP contribution in [0.1, 0.15) is 22.9 Å². The highest BCUT2D eigenvalue weighted by Crippen LogP contribution is 2.43. The van der Waals surface area contributed by atoms with E-state index in [1.807, 2.05) is 0 Å². The third kappa shape index (κ3) is 3.60. The number of benzene rings is 2. The number of hydrogen-bond acceptors (Lipinski definition) is 6. The van der Waals surface area contributed by atoms with Crippen LogP contribution in [-0.2, 0) is 16.1 Å². The number of carbonyl (C=O) groups excluding carboxylic acids is 2. The summed E-state index contributed by atoms with van der Waals surface area (Å²) in [6, 6.07) is 12.6.